The zero-order valence-corrected chi connectivity index (χ0v) is 34.8. The van der Waals surface area contributed by atoms with Gasteiger partial charge in [0.15, 0.2) is 17.5 Å². The molecule has 6 heteroatoms. The largest absolute Gasteiger partial charge is 0.456 e. The Kier molecular flexibility index (Phi) is 6.93. The van der Waals surface area contributed by atoms with E-state index in [1.54, 1.807) is 11.3 Å². The summed E-state index contributed by atoms with van der Waals surface area (Å²) < 4.78 is 66.3. The van der Waals surface area contributed by atoms with Crippen molar-refractivity contribution in [2.24, 2.45) is 0 Å². The molecular formula is C57H33N3OS2. The van der Waals surface area contributed by atoms with E-state index in [0.717, 1.165) is 70.1 Å². The van der Waals surface area contributed by atoms with Crippen LogP contribution in [0.1, 0.15) is 8.22 Å². The third-order valence-corrected chi connectivity index (χ3v) is 13.8. The zero-order chi connectivity index (χ0) is 46.7. The van der Waals surface area contributed by atoms with Crippen LogP contribution < -0.4 is 0 Å². The lowest BCUT2D eigenvalue weighted by Gasteiger charge is -2.09. The van der Waals surface area contributed by atoms with E-state index in [-0.39, 0.29) is 64.0 Å². The second-order valence-corrected chi connectivity index (χ2v) is 17.6. The Hall–Kier alpha value is -7.77. The molecule has 4 aromatic heterocycles. The van der Waals surface area contributed by atoms with E-state index in [2.05, 4.69) is 36.4 Å². The summed E-state index contributed by atoms with van der Waals surface area (Å²) in [4.78, 5) is 15.0. The van der Waals surface area contributed by atoms with Gasteiger partial charge in [0, 0.05) is 67.8 Å². The highest BCUT2D eigenvalue weighted by Gasteiger charge is 2.17. The van der Waals surface area contributed by atoms with Crippen molar-refractivity contribution in [3.63, 3.8) is 0 Å². The molecule has 0 N–H and O–H groups in total. The lowest BCUT2D eigenvalue weighted by molar-refractivity contribution is 0.669. The number of thiophene rings is 2. The fourth-order valence-electron chi connectivity index (χ4n) is 8.44. The molecule has 0 aliphatic heterocycles. The average molecular weight is 846 g/mol. The predicted octanol–water partition coefficient (Wildman–Crippen LogP) is 16.5. The number of rotatable bonds is 6. The van der Waals surface area contributed by atoms with Crippen molar-refractivity contribution < 1.29 is 12.6 Å². The van der Waals surface area contributed by atoms with Gasteiger partial charge in [-0.15, -0.1) is 22.7 Å². The van der Waals surface area contributed by atoms with E-state index >= 15 is 0 Å². The van der Waals surface area contributed by atoms with E-state index in [4.69, 9.17) is 19.4 Å². The van der Waals surface area contributed by atoms with Gasteiger partial charge in [0.25, 0.3) is 0 Å². The minimum atomic E-state index is -0.284. The highest BCUT2D eigenvalue weighted by atomic mass is 32.1. The average Bonchev–Trinajstić information content (AvgIpc) is 4.10. The molecule has 0 aliphatic rings. The predicted molar refractivity (Wildman–Crippen MR) is 265 cm³/mol. The molecule has 294 valence electrons. The van der Waals surface area contributed by atoms with Crippen molar-refractivity contribution in [1.82, 2.24) is 15.0 Å². The first kappa shape index (κ1) is 30.3. The maximum absolute atomic E-state index is 9.77. The number of fused-ring (bicyclic) bond motifs is 9. The molecule has 0 unspecified atom stereocenters. The van der Waals surface area contributed by atoms with Crippen LogP contribution in [0.2, 0.25) is 0 Å². The molecule has 0 fully saturated rings. The van der Waals surface area contributed by atoms with Crippen LogP contribution in [0.4, 0.5) is 0 Å². The Morgan fingerprint density at radius 1 is 0.317 bits per heavy atom. The molecule has 0 saturated carbocycles. The molecule has 0 atom stereocenters. The van der Waals surface area contributed by atoms with Crippen LogP contribution >= 0.6 is 22.7 Å². The van der Waals surface area contributed by atoms with Crippen molar-refractivity contribution in [2.45, 2.75) is 0 Å². The number of hydrogen-bond donors (Lipinski definition) is 0. The molecule has 0 aliphatic carbocycles. The second kappa shape index (κ2) is 14.4. The van der Waals surface area contributed by atoms with E-state index in [9.17, 15) is 8.22 Å². The zero-order valence-electron chi connectivity index (χ0n) is 39.2. The normalized spacial score (nSPS) is 13.1. The number of furan rings is 1. The van der Waals surface area contributed by atoms with Gasteiger partial charge in [0.2, 0.25) is 0 Å². The molecule has 9 aromatic carbocycles. The minimum absolute atomic E-state index is 0.0154. The minimum Gasteiger partial charge on any atom is -0.456 e. The Bertz CT molecular complexity index is 4270. The first-order valence-electron chi connectivity index (χ1n) is 23.5. The Balaban J connectivity index is 0.991. The number of aromatic nitrogens is 3. The van der Waals surface area contributed by atoms with Gasteiger partial charge in [0.05, 0.1) is 8.22 Å². The Morgan fingerprint density at radius 3 is 1.73 bits per heavy atom. The van der Waals surface area contributed by atoms with E-state index in [1.807, 2.05) is 127 Å². The lowest BCUT2D eigenvalue weighted by Crippen LogP contribution is -2.00. The molecule has 0 saturated heterocycles. The van der Waals surface area contributed by atoms with Crippen LogP contribution in [0.25, 0.3) is 130 Å². The first-order valence-corrected chi connectivity index (χ1v) is 22.1. The quantitative estimate of drug-likeness (QED) is 0.167. The molecule has 63 heavy (non-hydrogen) atoms. The van der Waals surface area contributed by atoms with Gasteiger partial charge in [-0.2, -0.15) is 0 Å². The van der Waals surface area contributed by atoms with Crippen molar-refractivity contribution in [2.75, 3.05) is 0 Å². The van der Waals surface area contributed by atoms with Gasteiger partial charge in [0.1, 0.15) is 11.2 Å². The fourth-order valence-corrected chi connectivity index (χ4v) is 10.5. The van der Waals surface area contributed by atoms with Crippen molar-refractivity contribution >= 4 is 85.0 Å². The summed E-state index contributed by atoms with van der Waals surface area (Å²) in [6.07, 6.45) is 0. The highest BCUT2D eigenvalue weighted by molar-refractivity contribution is 7.26. The summed E-state index contributed by atoms with van der Waals surface area (Å²) >= 11 is 2.76. The monoisotopic (exact) mass is 845 g/mol. The van der Waals surface area contributed by atoms with Gasteiger partial charge >= 0.3 is 0 Å². The van der Waals surface area contributed by atoms with E-state index in [0.29, 0.717) is 43.3 Å². The Labute approximate surface area is 378 Å². The van der Waals surface area contributed by atoms with Gasteiger partial charge in [-0.25, -0.2) is 15.0 Å². The van der Waals surface area contributed by atoms with E-state index in [1.165, 1.54) is 0 Å². The van der Waals surface area contributed by atoms with Crippen LogP contribution in [0.3, 0.4) is 0 Å². The van der Waals surface area contributed by atoms with Crippen LogP contribution in [0, 0.1) is 0 Å². The number of benzene rings is 9. The molecule has 4 heterocycles. The molecular weight excluding hydrogens is 807 g/mol. The summed E-state index contributed by atoms with van der Waals surface area (Å²) in [5, 5.41) is 4.39. The lowest BCUT2D eigenvalue weighted by atomic mass is 10.0. The van der Waals surface area contributed by atoms with Gasteiger partial charge in [-0.3, -0.25) is 0 Å². The summed E-state index contributed by atoms with van der Waals surface area (Å²) in [6.45, 7) is 0. The molecule has 13 aromatic rings. The van der Waals surface area contributed by atoms with Gasteiger partial charge < -0.3 is 4.42 Å². The summed E-state index contributed by atoms with van der Waals surface area (Å²) in [6, 6.07) is 53.2. The molecule has 0 amide bonds. The third kappa shape index (κ3) is 6.22. The standard InChI is InChI=1S/C57H33N3OS2/c1-3-9-34(10-4-1)36-15-17-37(18-16-36)55-58-56(41-21-26-49-46(31-41)43-24-19-40(32-50(43)61-49)35-11-5-2-6-12-35)60-57(59-55)42-20-25-45-48-30-39(23-28-53(48)63-54(45)33-42)38-22-27-52-47(29-38)44-13-7-8-14-51(44)62-52/h1-33H/i20D,23D,25D,28D,30D,33D. The van der Waals surface area contributed by atoms with Crippen molar-refractivity contribution in [3.05, 3.63) is 200 Å². The molecule has 0 radical (unpaired) electrons. The number of hydrogen-bond acceptors (Lipinski definition) is 6. The maximum Gasteiger partial charge on any atom is 0.164 e. The summed E-state index contributed by atoms with van der Waals surface area (Å²) in [7, 11) is 0. The van der Waals surface area contributed by atoms with Crippen LogP contribution in [-0.4, -0.2) is 15.0 Å². The first-order chi connectivity index (χ1) is 33.7. The fraction of sp³-hybridized carbons (Fsp3) is 0. The molecule has 4 nitrogen and oxygen atoms in total. The van der Waals surface area contributed by atoms with Crippen LogP contribution in [0.5, 0.6) is 0 Å². The molecule has 13 rings (SSSR count). The third-order valence-electron chi connectivity index (χ3n) is 11.6. The highest BCUT2D eigenvalue weighted by Crippen LogP contribution is 2.41. The van der Waals surface area contributed by atoms with Crippen LogP contribution in [-0.2, 0) is 0 Å². The van der Waals surface area contributed by atoms with Crippen LogP contribution in [0.15, 0.2) is 204 Å². The summed E-state index contributed by atoms with van der Waals surface area (Å²) in [5.74, 6) is 0.675. The topological polar surface area (TPSA) is 51.8 Å². The molecule has 0 spiro atoms. The Morgan fingerprint density at radius 2 is 0.905 bits per heavy atom. The summed E-state index contributed by atoms with van der Waals surface area (Å²) in [5.41, 5.74) is 7.92. The van der Waals surface area contributed by atoms with E-state index < -0.39 is 0 Å². The second-order valence-electron chi connectivity index (χ2n) is 15.5. The van der Waals surface area contributed by atoms with Gasteiger partial charge in [-0.1, -0.05) is 133 Å². The van der Waals surface area contributed by atoms with Crippen molar-refractivity contribution in [1.29, 1.82) is 0 Å². The maximum atomic E-state index is 9.77. The SMILES string of the molecule is [2H]c1c(-c2ccc3sc4ccccc4c3c2)c([2H])c2c(sc3c([2H])c(-c4nc(-c5ccc(-c6ccccc6)cc5)nc(-c5ccc6oc7cc(-c8ccccc8)ccc7c6c5)n4)c([2H])c([2H])c32)c1[2H]. The number of nitrogens with zero attached hydrogens (tertiary/aromatic N) is 3. The smallest absolute Gasteiger partial charge is 0.164 e. The van der Waals surface area contributed by atoms with Crippen molar-refractivity contribution in [3.8, 4) is 67.5 Å². The van der Waals surface area contributed by atoms with Gasteiger partial charge in [-0.05, 0) is 100 Å². The molecule has 0 bridgehead atoms.